The van der Waals surface area contributed by atoms with Crippen LogP contribution in [0.25, 0.3) is 20.1 Å². The lowest BCUT2D eigenvalue weighted by atomic mass is 10.3. The third-order valence-electron chi connectivity index (χ3n) is 4.13. The summed E-state index contributed by atoms with van der Waals surface area (Å²) in [5.74, 6) is 0.506. The number of thiophene rings is 1. The number of amides is 1. The van der Waals surface area contributed by atoms with Gasteiger partial charge in [0.05, 0.1) is 32.6 Å². The van der Waals surface area contributed by atoms with Crippen LogP contribution in [0.2, 0.25) is 0 Å². The van der Waals surface area contributed by atoms with E-state index in [9.17, 15) is 4.79 Å². The fourth-order valence-corrected chi connectivity index (χ4v) is 4.67. The Bertz CT molecular complexity index is 1160. The monoisotopic (exact) mass is 419 g/mol. The smallest absolute Gasteiger partial charge is 0.265 e. The number of carbonyl (C=O) groups is 1. The molecule has 144 valence electrons. The number of nitriles is 1. The van der Waals surface area contributed by atoms with Crippen LogP contribution in [-0.2, 0) is 0 Å². The molecule has 1 N–H and O–H groups in total. The van der Waals surface area contributed by atoms with Crippen LogP contribution in [0.15, 0.2) is 60.7 Å². The standard InChI is InChI=1S/C22H17N3O2S2/c23-12-3-4-13-27-16-7-5-6-15(14-16)24-21(26)19-10-11-20(28-19)22-25-17-8-1-2-9-18(17)29-22/h1-2,5-11,14H,3-4,13H2,(H,24,26). The highest BCUT2D eigenvalue weighted by Gasteiger charge is 2.13. The topological polar surface area (TPSA) is 75.0 Å². The molecule has 7 heteroatoms. The number of fused-ring (bicyclic) bond motifs is 1. The number of hydrogen-bond donors (Lipinski definition) is 1. The van der Waals surface area contributed by atoms with Crippen molar-refractivity contribution in [2.75, 3.05) is 11.9 Å². The van der Waals surface area contributed by atoms with Gasteiger partial charge in [-0.25, -0.2) is 4.98 Å². The molecule has 0 bridgehead atoms. The summed E-state index contributed by atoms with van der Waals surface area (Å²) < 4.78 is 6.75. The molecular weight excluding hydrogens is 402 g/mol. The Morgan fingerprint density at radius 1 is 1.10 bits per heavy atom. The zero-order valence-electron chi connectivity index (χ0n) is 15.4. The summed E-state index contributed by atoms with van der Waals surface area (Å²) in [6.07, 6.45) is 1.14. The van der Waals surface area contributed by atoms with E-state index >= 15 is 0 Å². The minimum atomic E-state index is -0.163. The van der Waals surface area contributed by atoms with Gasteiger partial charge in [-0.3, -0.25) is 4.79 Å². The first-order chi connectivity index (χ1) is 14.2. The summed E-state index contributed by atoms with van der Waals surface area (Å²) in [5, 5.41) is 12.4. The van der Waals surface area contributed by atoms with Crippen molar-refractivity contribution in [2.24, 2.45) is 0 Å². The van der Waals surface area contributed by atoms with Crippen molar-refractivity contribution >= 4 is 44.5 Å². The van der Waals surface area contributed by atoms with E-state index in [2.05, 4.69) is 16.4 Å². The van der Waals surface area contributed by atoms with Gasteiger partial charge in [-0.1, -0.05) is 18.2 Å². The Morgan fingerprint density at radius 3 is 2.86 bits per heavy atom. The number of para-hydroxylation sites is 1. The van der Waals surface area contributed by atoms with Gasteiger partial charge in [0.25, 0.3) is 5.91 Å². The normalized spacial score (nSPS) is 10.6. The van der Waals surface area contributed by atoms with Crippen molar-refractivity contribution in [1.29, 1.82) is 5.26 Å². The summed E-state index contributed by atoms with van der Waals surface area (Å²) in [4.78, 5) is 18.9. The van der Waals surface area contributed by atoms with Gasteiger partial charge in [0.15, 0.2) is 0 Å². The molecule has 0 radical (unpaired) electrons. The molecular formula is C22H17N3O2S2. The third-order valence-corrected chi connectivity index (χ3v) is 6.42. The number of carbonyl (C=O) groups excluding carboxylic acids is 1. The molecule has 29 heavy (non-hydrogen) atoms. The van der Waals surface area contributed by atoms with Crippen LogP contribution >= 0.6 is 22.7 Å². The number of rotatable bonds is 7. The van der Waals surface area contributed by atoms with Crippen molar-refractivity contribution in [1.82, 2.24) is 4.98 Å². The second kappa shape index (κ2) is 8.86. The Balaban J connectivity index is 1.43. The number of thiazole rings is 1. The Hall–Kier alpha value is -3.21. The molecule has 2 aromatic heterocycles. The molecule has 0 saturated heterocycles. The van der Waals surface area contributed by atoms with Crippen LogP contribution in [0.1, 0.15) is 22.5 Å². The largest absolute Gasteiger partial charge is 0.493 e. The first kappa shape index (κ1) is 19.1. The Labute approximate surface area is 176 Å². The average molecular weight is 420 g/mol. The third kappa shape index (κ3) is 4.62. The lowest BCUT2D eigenvalue weighted by Crippen LogP contribution is -2.10. The lowest BCUT2D eigenvalue weighted by molar-refractivity contribution is 0.103. The van der Waals surface area contributed by atoms with Crippen molar-refractivity contribution in [3.05, 3.63) is 65.5 Å². The number of ether oxygens (including phenoxy) is 1. The number of nitrogens with zero attached hydrogens (tertiary/aromatic N) is 2. The van der Waals surface area contributed by atoms with Gasteiger partial charge in [0, 0.05) is 18.2 Å². The van der Waals surface area contributed by atoms with Gasteiger partial charge in [-0.2, -0.15) is 5.26 Å². The molecule has 0 atom stereocenters. The van der Waals surface area contributed by atoms with Gasteiger partial charge in [0.1, 0.15) is 10.8 Å². The highest BCUT2D eigenvalue weighted by molar-refractivity contribution is 7.26. The number of unbranched alkanes of at least 4 members (excludes halogenated alkanes) is 1. The van der Waals surface area contributed by atoms with E-state index in [1.54, 1.807) is 17.4 Å². The molecule has 5 nitrogen and oxygen atoms in total. The first-order valence-electron chi connectivity index (χ1n) is 9.10. The maximum atomic E-state index is 12.6. The molecule has 0 aliphatic carbocycles. The van der Waals surface area contributed by atoms with E-state index < -0.39 is 0 Å². The maximum Gasteiger partial charge on any atom is 0.265 e. The summed E-state index contributed by atoms with van der Waals surface area (Å²) in [6, 6.07) is 21.1. The van der Waals surface area contributed by atoms with Crippen LogP contribution in [0.3, 0.4) is 0 Å². The van der Waals surface area contributed by atoms with Crippen molar-refractivity contribution in [3.63, 3.8) is 0 Å². The predicted octanol–water partition coefficient (Wildman–Crippen LogP) is 5.96. The van der Waals surface area contributed by atoms with E-state index in [4.69, 9.17) is 10.00 Å². The average Bonchev–Trinajstić information content (AvgIpc) is 3.38. The SMILES string of the molecule is N#CCCCOc1cccc(NC(=O)c2ccc(-c3nc4ccccc4s3)s2)c1. The molecule has 2 heterocycles. The van der Waals surface area contributed by atoms with E-state index in [1.165, 1.54) is 11.3 Å². The van der Waals surface area contributed by atoms with Crippen LogP contribution in [0, 0.1) is 11.3 Å². The molecule has 0 spiro atoms. The molecule has 1 amide bonds. The van der Waals surface area contributed by atoms with E-state index in [0.717, 1.165) is 20.1 Å². The quantitative estimate of drug-likeness (QED) is 0.375. The predicted molar refractivity (Wildman–Crippen MR) is 118 cm³/mol. The summed E-state index contributed by atoms with van der Waals surface area (Å²) in [7, 11) is 0. The van der Waals surface area contributed by atoms with Crippen molar-refractivity contribution in [3.8, 4) is 21.7 Å². The van der Waals surface area contributed by atoms with Crippen LogP contribution in [-0.4, -0.2) is 17.5 Å². The lowest BCUT2D eigenvalue weighted by Gasteiger charge is -2.08. The van der Waals surface area contributed by atoms with Gasteiger partial charge in [-0.15, -0.1) is 22.7 Å². The van der Waals surface area contributed by atoms with Crippen LogP contribution < -0.4 is 10.1 Å². The minimum absolute atomic E-state index is 0.163. The van der Waals surface area contributed by atoms with E-state index in [-0.39, 0.29) is 5.91 Å². The van der Waals surface area contributed by atoms with Crippen molar-refractivity contribution in [2.45, 2.75) is 12.8 Å². The molecule has 4 aromatic rings. The number of nitrogens with one attached hydrogen (secondary N) is 1. The van der Waals surface area contributed by atoms with Crippen LogP contribution in [0.5, 0.6) is 5.75 Å². The molecule has 0 fully saturated rings. The number of hydrogen-bond acceptors (Lipinski definition) is 6. The molecule has 0 saturated carbocycles. The molecule has 0 unspecified atom stereocenters. The first-order valence-corrected chi connectivity index (χ1v) is 10.7. The van der Waals surface area contributed by atoms with Gasteiger partial charge >= 0.3 is 0 Å². The number of anilines is 1. The number of benzene rings is 2. The maximum absolute atomic E-state index is 12.6. The highest BCUT2D eigenvalue weighted by Crippen LogP contribution is 2.34. The Kier molecular flexibility index (Phi) is 5.84. The van der Waals surface area contributed by atoms with Crippen molar-refractivity contribution < 1.29 is 9.53 Å². The highest BCUT2D eigenvalue weighted by atomic mass is 32.1. The molecule has 2 aromatic carbocycles. The summed E-state index contributed by atoms with van der Waals surface area (Å²) >= 11 is 3.05. The fourth-order valence-electron chi connectivity index (χ4n) is 2.75. The molecule has 0 aliphatic heterocycles. The van der Waals surface area contributed by atoms with E-state index in [1.807, 2.05) is 54.6 Å². The van der Waals surface area contributed by atoms with E-state index in [0.29, 0.717) is 35.8 Å². The van der Waals surface area contributed by atoms with Gasteiger partial charge < -0.3 is 10.1 Å². The second-order valence-electron chi connectivity index (χ2n) is 6.24. The molecule has 0 aliphatic rings. The Morgan fingerprint density at radius 2 is 2.00 bits per heavy atom. The zero-order chi connectivity index (χ0) is 20.1. The van der Waals surface area contributed by atoms with Gasteiger partial charge in [0.2, 0.25) is 0 Å². The summed E-state index contributed by atoms with van der Waals surface area (Å²) in [6.45, 7) is 0.474. The molecule has 4 rings (SSSR count). The zero-order valence-corrected chi connectivity index (χ0v) is 17.1. The van der Waals surface area contributed by atoms with Gasteiger partial charge in [-0.05, 0) is 42.8 Å². The minimum Gasteiger partial charge on any atom is -0.493 e. The van der Waals surface area contributed by atoms with Crippen LogP contribution in [0.4, 0.5) is 5.69 Å². The number of aromatic nitrogens is 1. The second-order valence-corrected chi connectivity index (χ2v) is 8.36. The summed E-state index contributed by atoms with van der Waals surface area (Å²) in [5.41, 5.74) is 1.64. The fraction of sp³-hybridized carbons (Fsp3) is 0.136.